The Hall–Kier alpha value is -4.42. The summed E-state index contributed by atoms with van der Waals surface area (Å²) in [6.45, 7) is 1.86. The summed E-state index contributed by atoms with van der Waals surface area (Å²) in [4.78, 5) is 15.5. The van der Waals surface area contributed by atoms with Gasteiger partial charge in [0.05, 0.1) is 29.3 Å². The Morgan fingerprint density at radius 1 is 0.744 bits per heavy atom. The topological polar surface area (TPSA) is 79.9 Å². The highest BCUT2D eigenvalue weighted by Gasteiger charge is 2.35. The summed E-state index contributed by atoms with van der Waals surface area (Å²) in [5, 5.41) is 23.1. The van der Waals surface area contributed by atoms with Gasteiger partial charge in [-0.1, -0.05) is 66.7 Å². The lowest BCUT2D eigenvalue weighted by molar-refractivity contribution is -0.133. The molecule has 0 unspecified atom stereocenters. The molecule has 1 amide bonds. The number of carbonyl (C=O) groups excluding carboxylic acids is 1. The quantitative estimate of drug-likeness (QED) is 0.342. The fourth-order valence-electron chi connectivity index (χ4n) is 5.81. The standard InChI is InChI=1S/C33H26N4O.ClH/c34-17-23-10-4-6-12-28(23)30-14-26-20-37(21-27(26)15-31(30)29-13-7-5-11-24(29)18-35)33(38)32-16-25(19-36-32)22-8-2-1-3-9-22;/h1-15,25,32,36H,16,19-21H2;1H/t25-,32-;/m1./s1. The number of nitriles is 2. The van der Waals surface area contributed by atoms with Crippen molar-refractivity contribution in [1.82, 2.24) is 10.2 Å². The maximum absolute atomic E-state index is 13.6. The summed E-state index contributed by atoms with van der Waals surface area (Å²) in [6.07, 6.45) is 0.789. The van der Waals surface area contributed by atoms with Gasteiger partial charge in [0, 0.05) is 30.8 Å². The SMILES string of the molecule is Cl.N#Cc1ccccc1-c1cc2c(cc1-c1ccccc1C#N)CN(C(=O)[C@H]1C[C@@H](c3ccccc3)CN1)C2. The molecule has 1 N–H and O–H groups in total. The van der Waals surface area contributed by atoms with Crippen molar-refractivity contribution in [2.24, 2.45) is 0 Å². The maximum atomic E-state index is 13.6. The molecule has 2 aliphatic heterocycles. The zero-order valence-corrected chi connectivity index (χ0v) is 22.1. The summed E-state index contributed by atoms with van der Waals surface area (Å²) in [7, 11) is 0. The molecule has 2 atom stereocenters. The number of nitrogens with one attached hydrogen (secondary N) is 1. The van der Waals surface area contributed by atoms with Gasteiger partial charge in [-0.15, -0.1) is 12.4 Å². The third-order valence-corrected chi connectivity index (χ3v) is 7.75. The minimum atomic E-state index is -0.202. The van der Waals surface area contributed by atoms with E-state index in [1.54, 1.807) is 0 Å². The first-order chi connectivity index (χ1) is 18.7. The normalized spacial score (nSPS) is 17.5. The highest BCUT2D eigenvalue weighted by molar-refractivity contribution is 5.90. The monoisotopic (exact) mass is 530 g/mol. The highest BCUT2D eigenvalue weighted by atomic mass is 35.5. The van der Waals surface area contributed by atoms with Crippen LogP contribution >= 0.6 is 12.4 Å². The molecule has 2 aliphatic rings. The molecule has 2 heterocycles. The van der Waals surface area contributed by atoms with E-state index in [0.29, 0.717) is 30.1 Å². The maximum Gasteiger partial charge on any atom is 0.240 e. The lowest BCUT2D eigenvalue weighted by atomic mass is 9.87. The van der Waals surface area contributed by atoms with E-state index >= 15 is 0 Å². The largest absolute Gasteiger partial charge is 0.333 e. The van der Waals surface area contributed by atoms with E-state index in [4.69, 9.17) is 0 Å². The average Bonchev–Trinajstić information content (AvgIpc) is 3.64. The minimum Gasteiger partial charge on any atom is -0.333 e. The molecule has 1 fully saturated rings. The molecule has 192 valence electrons. The van der Waals surface area contributed by atoms with Crippen LogP contribution in [0.1, 0.15) is 40.2 Å². The molecular weight excluding hydrogens is 504 g/mol. The van der Waals surface area contributed by atoms with Crippen molar-refractivity contribution in [2.75, 3.05) is 6.54 Å². The summed E-state index contributed by atoms with van der Waals surface area (Å²) in [5.41, 5.74) is 8.05. The summed E-state index contributed by atoms with van der Waals surface area (Å²) < 4.78 is 0. The first kappa shape index (κ1) is 26.2. The molecule has 0 aromatic heterocycles. The van der Waals surface area contributed by atoms with Gasteiger partial charge in [-0.05, 0) is 64.4 Å². The number of fused-ring (bicyclic) bond motifs is 1. The molecule has 4 aromatic carbocycles. The number of hydrogen-bond donors (Lipinski definition) is 1. The smallest absolute Gasteiger partial charge is 0.240 e. The van der Waals surface area contributed by atoms with Crippen molar-refractivity contribution < 1.29 is 4.79 Å². The molecular formula is C33H27ClN4O. The van der Waals surface area contributed by atoms with Crippen LogP contribution in [0.5, 0.6) is 0 Å². The van der Waals surface area contributed by atoms with Gasteiger partial charge in [0.15, 0.2) is 0 Å². The average molecular weight is 531 g/mol. The third kappa shape index (κ3) is 4.91. The van der Waals surface area contributed by atoms with Crippen LogP contribution in [0.4, 0.5) is 0 Å². The molecule has 0 aliphatic carbocycles. The van der Waals surface area contributed by atoms with Crippen LogP contribution in [-0.2, 0) is 17.9 Å². The van der Waals surface area contributed by atoms with Gasteiger partial charge in [-0.2, -0.15) is 10.5 Å². The van der Waals surface area contributed by atoms with Gasteiger partial charge in [-0.25, -0.2) is 0 Å². The van der Waals surface area contributed by atoms with Gasteiger partial charge in [-0.3, -0.25) is 4.79 Å². The number of amides is 1. The van der Waals surface area contributed by atoms with Gasteiger partial charge in [0.25, 0.3) is 0 Å². The summed E-state index contributed by atoms with van der Waals surface area (Å²) in [6, 6.07) is 34.1. The van der Waals surface area contributed by atoms with Crippen LogP contribution in [-0.4, -0.2) is 23.4 Å². The highest BCUT2D eigenvalue weighted by Crippen LogP contribution is 2.40. The summed E-state index contributed by atoms with van der Waals surface area (Å²) >= 11 is 0. The predicted octanol–water partition coefficient (Wildman–Crippen LogP) is 6.17. The Labute approximate surface area is 234 Å². The minimum absolute atomic E-state index is 0. The van der Waals surface area contributed by atoms with Gasteiger partial charge < -0.3 is 10.2 Å². The van der Waals surface area contributed by atoms with E-state index < -0.39 is 0 Å². The predicted molar refractivity (Wildman–Crippen MR) is 154 cm³/mol. The Balaban J connectivity index is 0.00000308. The fraction of sp³-hybridized carbons (Fsp3) is 0.182. The Bertz CT molecular complexity index is 1530. The number of carbonyl (C=O) groups is 1. The van der Waals surface area contributed by atoms with Crippen LogP contribution in [0.3, 0.4) is 0 Å². The molecule has 6 rings (SSSR count). The fourth-order valence-corrected chi connectivity index (χ4v) is 5.81. The van der Waals surface area contributed by atoms with E-state index in [-0.39, 0.29) is 24.4 Å². The zero-order chi connectivity index (χ0) is 26.1. The second-order valence-corrected chi connectivity index (χ2v) is 9.98. The molecule has 0 spiro atoms. The van der Waals surface area contributed by atoms with E-state index in [0.717, 1.165) is 46.3 Å². The van der Waals surface area contributed by atoms with Gasteiger partial charge in [0.2, 0.25) is 5.91 Å². The number of halogens is 1. The van der Waals surface area contributed by atoms with Crippen molar-refractivity contribution in [3.8, 4) is 34.4 Å². The van der Waals surface area contributed by atoms with Crippen LogP contribution < -0.4 is 5.32 Å². The Morgan fingerprint density at radius 3 is 1.79 bits per heavy atom. The number of rotatable bonds is 4. The van der Waals surface area contributed by atoms with Crippen LogP contribution in [0.2, 0.25) is 0 Å². The number of hydrogen-bond acceptors (Lipinski definition) is 4. The van der Waals surface area contributed by atoms with Crippen molar-refractivity contribution in [3.05, 3.63) is 119 Å². The van der Waals surface area contributed by atoms with Gasteiger partial charge in [0.1, 0.15) is 0 Å². The van der Waals surface area contributed by atoms with E-state index in [2.05, 4.69) is 41.7 Å². The van der Waals surface area contributed by atoms with Crippen LogP contribution in [0, 0.1) is 22.7 Å². The second kappa shape index (κ2) is 11.1. The molecule has 5 nitrogen and oxygen atoms in total. The van der Waals surface area contributed by atoms with Gasteiger partial charge >= 0.3 is 0 Å². The lowest BCUT2D eigenvalue weighted by Crippen LogP contribution is -2.40. The Kier molecular flexibility index (Phi) is 7.48. The van der Waals surface area contributed by atoms with Crippen molar-refractivity contribution in [3.63, 3.8) is 0 Å². The first-order valence-corrected chi connectivity index (χ1v) is 12.9. The molecule has 0 radical (unpaired) electrons. The van der Waals surface area contributed by atoms with Crippen molar-refractivity contribution >= 4 is 18.3 Å². The summed E-state index contributed by atoms with van der Waals surface area (Å²) in [5.74, 6) is 0.455. The molecule has 0 bridgehead atoms. The zero-order valence-electron chi connectivity index (χ0n) is 21.3. The van der Waals surface area contributed by atoms with E-state index in [1.807, 2.05) is 71.6 Å². The second-order valence-electron chi connectivity index (χ2n) is 9.98. The molecule has 1 saturated heterocycles. The Morgan fingerprint density at radius 2 is 1.26 bits per heavy atom. The molecule has 6 heteroatoms. The van der Waals surface area contributed by atoms with E-state index in [1.165, 1.54) is 5.56 Å². The van der Waals surface area contributed by atoms with Crippen LogP contribution in [0.25, 0.3) is 22.3 Å². The molecule has 39 heavy (non-hydrogen) atoms. The molecule has 0 saturated carbocycles. The first-order valence-electron chi connectivity index (χ1n) is 12.9. The van der Waals surface area contributed by atoms with Crippen molar-refractivity contribution in [1.29, 1.82) is 10.5 Å². The number of benzene rings is 4. The van der Waals surface area contributed by atoms with Crippen LogP contribution in [0.15, 0.2) is 91.0 Å². The van der Waals surface area contributed by atoms with Crippen molar-refractivity contribution in [2.45, 2.75) is 31.5 Å². The lowest BCUT2D eigenvalue weighted by Gasteiger charge is -2.20. The number of nitrogens with zero attached hydrogens (tertiary/aromatic N) is 3. The molecule has 4 aromatic rings. The van der Waals surface area contributed by atoms with E-state index in [9.17, 15) is 15.3 Å². The third-order valence-electron chi connectivity index (χ3n) is 7.75.